The predicted octanol–water partition coefficient (Wildman–Crippen LogP) is 5.46. The summed E-state index contributed by atoms with van der Waals surface area (Å²) in [6, 6.07) is 21.1. The molecule has 3 aromatic carbocycles. The molecule has 4 rings (SSSR count). The highest BCUT2D eigenvalue weighted by atomic mass is 16.5. The Hall–Kier alpha value is -3.34. The number of hydrogen-bond acceptors (Lipinski definition) is 3. The van der Waals surface area contributed by atoms with Crippen LogP contribution in [0.5, 0.6) is 11.5 Å². The fourth-order valence-electron chi connectivity index (χ4n) is 3.95. The topological polar surface area (TPSA) is 75.6 Å². The standard InChI is InChI=1S/C24H23NO4/c26-23(21-7-3-4-8-22(21)24(27)28)25-18-10-13-19(14-11-18)29-20-12-9-16-5-1-2-6-17(16)15-20/h1-2,5-6,9-15,21-22H,3-4,7-8H2,(H,25,26)(H,27,28)/t21-,22-/m0/s1. The van der Waals surface area contributed by atoms with Crippen molar-refractivity contribution in [2.24, 2.45) is 11.8 Å². The van der Waals surface area contributed by atoms with Crippen LogP contribution in [0.4, 0.5) is 5.69 Å². The van der Waals surface area contributed by atoms with Gasteiger partial charge in [-0.2, -0.15) is 0 Å². The number of carboxylic acid groups (broad SMARTS) is 1. The SMILES string of the molecule is O=C(O)[C@H]1CCCC[C@@H]1C(=O)Nc1ccc(Oc2ccc3ccccc3c2)cc1. The molecule has 2 N–H and O–H groups in total. The first-order chi connectivity index (χ1) is 14.1. The minimum atomic E-state index is -0.885. The molecule has 148 valence electrons. The number of carbonyl (C=O) groups excluding carboxylic acids is 1. The number of ether oxygens (including phenoxy) is 1. The molecule has 1 amide bonds. The van der Waals surface area contributed by atoms with Crippen LogP contribution in [0.3, 0.4) is 0 Å². The van der Waals surface area contributed by atoms with E-state index in [2.05, 4.69) is 11.4 Å². The van der Waals surface area contributed by atoms with E-state index in [0.717, 1.165) is 29.4 Å². The molecular weight excluding hydrogens is 366 g/mol. The summed E-state index contributed by atoms with van der Waals surface area (Å²) in [6.07, 6.45) is 2.93. The fraction of sp³-hybridized carbons (Fsp3) is 0.250. The highest BCUT2D eigenvalue weighted by Crippen LogP contribution is 2.32. The normalized spacial score (nSPS) is 18.9. The van der Waals surface area contributed by atoms with E-state index in [9.17, 15) is 14.7 Å². The van der Waals surface area contributed by atoms with Crippen LogP contribution in [-0.4, -0.2) is 17.0 Å². The molecule has 3 aromatic rings. The third-order valence-electron chi connectivity index (χ3n) is 5.50. The van der Waals surface area contributed by atoms with Crippen LogP contribution in [0.2, 0.25) is 0 Å². The molecule has 0 radical (unpaired) electrons. The van der Waals surface area contributed by atoms with E-state index in [0.29, 0.717) is 24.3 Å². The van der Waals surface area contributed by atoms with E-state index in [4.69, 9.17) is 4.74 Å². The van der Waals surface area contributed by atoms with Gasteiger partial charge in [0.1, 0.15) is 11.5 Å². The third-order valence-corrected chi connectivity index (χ3v) is 5.50. The number of hydrogen-bond donors (Lipinski definition) is 2. The van der Waals surface area contributed by atoms with Crippen molar-refractivity contribution in [1.29, 1.82) is 0 Å². The predicted molar refractivity (Wildman–Crippen MR) is 112 cm³/mol. The molecule has 0 bridgehead atoms. The summed E-state index contributed by atoms with van der Waals surface area (Å²) in [7, 11) is 0. The third kappa shape index (κ3) is 4.40. The Bertz CT molecular complexity index is 1030. The van der Waals surface area contributed by atoms with Gasteiger partial charge in [-0.05, 0) is 60.0 Å². The van der Waals surface area contributed by atoms with Gasteiger partial charge < -0.3 is 15.2 Å². The lowest BCUT2D eigenvalue weighted by molar-refractivity contribution is -0.147. The summed E-state index contributed by atoms with van der Waals surface area (Å²) in [4.78, 5) is 24.0. The first-order valence-electron chi connectivity index (χ1n) is 9.90. The Morgan fingerprint density at radius 2 is 1.48 bits per heavy atom. The second-order valence-electron chi connectivity index (χ2n) is 7.46. The van der Waals surface area contributed by atoms with Gasteiger partial charge in [0, 0.05) is 5.69 Å². The van der Waals surface area contributed by atoms with E-state index in [1.807, 2.05) is 36.4 Å². The van der Waals surface area contributed by atoms with E-state index >= 15 is 0 Å². The van der Waals surface area contributed by atoms with Crippen molar-refractivity contribution in [3.63, 3.8) is 0 Å². The van der Waals surface area contributed by atoms with Gasteiger partial charge in [-0.3, -0.25) is 9.59 Å². The van der Waals surface area contributed by atoms with Gasteiger partial charge in [-0.25, -0.2) is 0 Å². The van der Waals surface area contributed by atoms with Crippen LogP contribution >= 0.6 is 0 Å². The van der Waals surface area contributed by atoms with E-state index in [1.54, 1.807) is 24.3 Å². The lowest BCUT2D eigenvalue weighted by atomic mass is 9.78. The van der Waals surface area contributed by atoms with Gasteiger partial charge in [-0.1, -0.05) is 43.2 Å². The average Bonchev–Trinajstić information content (AvgIpc) is 2.75. The fourth-order valence-corrected chi connectivity index (χ4v) is 3.95. The maximum atomic E-state index is 12.6. The van der Waals surface area contributed by atoms with Crippen molar-refractivity contribution >= 4 is 28.3 Å². The van der Waals surface area contributed by atoms with Crippen molar-refractivity contribution in [2.75, 3.05) is 5.32 Å². The van der Waals surface area contributed by atoms with Gasteiger partial charge >= 0.3 is 5.97 Å². The number of nitrogens with one attached hydrogen (secondary N) is 1. The number of anilines is 1. The van der Waals surface area contributed by atoms with Crippen molar-refractivity contribution in [3.05, 3.63) is 66.7 Å². The molecule has 1 aliphatic rings. The summed E-state index contributed by atoms with van der Waals surface area (Å²) < 4.78 is 5.92. The highest BCUT2D eigenvalue weighted by molar-refractivity contribution is 5.95. The number of carboxylic acids is 1. The molecule has 2 atom stereocenters. The lowest BCUT2D eigenvalue weighted by Gasteiger charge is -2.27. The second-order valence-corrected chi connectivity index (χ2v) is 7.46. The van der Waals surface area contributed by atoms with Crippen LogP contribution in [0, 0.1) is 11.8 Å². The zero-order valence-corrected chi connectivity index (χ0v) is 16.0. The number of carbonyl (C=O) groups is 2. The van der Waals surface area contributed by atoms with Crippen molar-refractivity contribution in [3.8, 4) is 11.5 Å². The summed E-state index contributed by atoms with van der Waals surface area (Å²) in [6.45, 7) is 0. The van der Waals surface area contributed by atoms with Crippen LogP contribution < -0.4 is 10.1 Å². The quantitative estimate of drug-likeness (QED) is 0.607. The van der Waals surface area contributed by atoms with E-state index < -0.39 is 17.8 Å². The molecule has 0 heterocycles. The smallest absolute Gasteiger partial charge is 0.307 e. The van der Waals surface area contributed by atoms with E-state index in [-0.39, 0.29) is 5.91 Å². The second kappa shape index (κ2) is 8.35. The van der Waals surface area contributed by atoms with Crippen molar-refractivity contribution < 1.29 is 19.4 Å². The summed E-state index contributed by atoms with van der Waals surface area (Å²) >= 11 is 0. The van der Waals surface area contributed by atoms with Crippen LogP contribution in [-0.2, 0) is 9.59 Å². The molecule has 1 aliphatic carbocycles. The molecule has 0 saturated heterocycles. The van der Waals surface area contributed by atoms with Gasteiger partial charge in [0.25, 0.3) is 0 Å². The number of aliphatic carboxylic acids is 1. The van der Waals surface area contributed by atoms with Gasteiger partial charge in [0.15, 0.2) is 0 Å². The molecule has 5 heteroatoms. The minimum Gasteiger partial charge on any atom is -0.481 e. The Labute approximate surface area is 169 Å². The van der Waals surface area contributed by atoms with Crippen LogP contribution in [0.25, 0.3) is 10.8 Å². The molecule has 0 unspecified atom stereocenters. The van der Waals surface area contributed by atoms with E-state index in [1.165, 1.54) is 0 Å². The van der Waals surface area contributed by atoms with Crippen LogP contribution in [0.15, 0.2) is 66.7 Å². The molecule has 1 fully saturated rings. The Balaban J connectivity index is 1.42. The average molecular weight is 389 g/mol. The zero-order valence-electron chi connectivity index (χ0n) is 16.0. The molecular formula is C24H23NO4. The number of benzene rings is 3. The number of fused-ring (bicyclic) bond motifs is 1. The molecule has 29 heavy (non-hydrogen) atoms. The zero-order chi connectivity index (χ0) is 20.2. The summed E-state index contributed by atoms with van der Waals surface area (Å²) in [5, 5.41) is 14.5. The lowest BCUT2D eigenvalue weighted by Crippen LogP contribution is -2.36. The molecule has 0 spiro atoms. The Morgan fingerprint density at radius 3 is 2.21 bits per heavy atom. The first-order valence-corrected chi connectivity index (χ1v) is 9.90. The first kappa shape index (κ1) is 19.0. The molecule has 0 aliphatic heterocycles. The minimum absolute atomic E-state index is 0.222. The number of amides is 1. The Morgan fingerprint density at radius 1 is 0.828 bits per heavy atom. The highest BCUT2D eigenvalue weighted by Gasteiger charge is 2.35. The maximum Gasteiger partial charge on any atom is 0.307 e. The van der Waals surface area contributed by atoms with Crippen molar-refractivity contribution in [2.45, 2.75) is 25.7 Å². The largest absolute Gasteiger partial charge is 0.481 e. The van der Waals surface area contributed by atoms with Gasteiger partial charge in [0.2, 0.25) is 5.91 Å². The van der Waals surface area contributed by atoms with Crippen LogP contribution in [0.1, 0.15) is 25.7 Å². The maximum absolute atomic E-state index is 12.6. The molecule has 1 saturated carbocycles. The van der Waals surface area contributed by atoms with Crippen molar-refractivity contribution in [1.82, 2.24) is 0 Å². The summed E-state index contributed by atoms with van der Waals surface area (Å²) in [5.41, 5.74) is 0.635. The summed E-state index contributed by atoms with van der Waals surface area (Å²) in [5.74, 6) is -0.773. The number of rotatable bonds is 5. The molecule has 5 nitrogen and oxygen atoms in total. The molecule has 0 aromatic heterocycles. The van der Waals surface area contributed by atoms with Gasteiger partial charge in [0.05, 0.1) is 11.8 Å². The Kier molecular flexibility index (Phi) is 5.47. The monoisotopic (exact) mass is 389 g/mol. The van der Waals surface area contributed by atoms with Gasteiger partial charge in [-0.15, -0.1) is 0 Å².